The van der Waals surface area contributed by atoms with E-state index in [0.29, 0.717) is 0 Å². The summed E-state index contributed by atoms with van der Waals surface area (Å²) in [5, 5.41) is 0. The second kappa shape index (κ2) is 6.29. The van der Waals surface area contributed by atoms with Crippen LogP contribution in [0.1, 0.15) is 0 Å². The topological polar surface area (TPSA) is 109 Å². The molecule has 0 fully saturated rings. The molecule has 0 radical (unpaired) electrons. The molecule has 0 heterocycles. The van der Waals surface area contributed by atoms with Gasteiger partial charge in [0.25, 0.3) is 0 Å². The molecule has 0 spiro atoms. The van der Waals surface area contributed by atoms with E-state index in [0.717, 1.165) is 0 Å². The van der Waals surface area contributed by atoms with Gasteiger partial charge in [-0.05, 0) is 0 Å². The van der Waals surface area contributed by atoms with Crippen LogP contribution in [-0.2, 0) is 40.7 Å². The van der Waals surface area contributed by atoms with Crippen molar-refractivity contribution in [3.05, 3.63) is 0 Å². The van der Waals surface area contributed by atoms with E-state index in [1.807, 2.05) is 0 Å². The Balaban J connectivity index is -0.000000218. The first-order valence-electron chi connectivity index (χ1n) is 2.57. The van der Waals surface area contributed by atoms with Crippen LogP contribution >= 0.6 is 0 Å². The molecule has 0 aliphatic heterocycles. The van der Waals surface area contributed by atoms with Crippen molar-refractivity contribution in [3.8, 4) is 0 Å². The van der Waals surface area contributed by atoms with Crippen LogP contribution in [0, 0.1) is 0 Å². The van der Waals surface area contributed by atoms with Crippen molar-refractivity contribution in [1.82, 2.24) is 0 Å². The molecular weight excluding hydrogens is 405 g/mol. The van der Waals surface area contributed by atoms with Crippen LogP contribution in [0.15, 0.2) is 0 Å². The maximum Gasteiger partial charge on any atom is 0.522 e. The fourth-order valence-electron chi connectivity index (χ4n) is 0. The van der Waals surface area contributed by atoms with Gasteiger partial charge >= 0.3 is 31.3 Å². The molecule has 0 saturated heterocycles. The van der Waals surface area contributed by atoms with Crippen molar-refractivity contribution >= 4 is 20.2 Å². The maximum atomic E-state index is 10.7. The van der Waals surface area contributed by atoms with Gasteiger partial charge in [0.15, 0.2) is 0 Å². The Bertz CT molecular complexity index is 374. The normalized spacial score (nSPS) is 13.2. The monoisotopic (exact) mass is 406 g/mol. The van der Waals surface area contributed by atoms with E-state index in [-0.39, 0.29) is 20.4 Å². The Kier molecular flexibility index (Phi) is 8.24. The van der Waals surface area contributed by atoms with Gasteiger partial charge in [-0.15, -0.1) is 0 Å². The van der Waals surface area contributed by atoms with Gasteiger partial charge in [-0.2, -0.15) is 43.2 Å². The van der Waals surface area contributed by atoms with Crippen molar-refractivity contribution in [1.29, 1.82) is 0 Å². The van der Waals surface area contributed by atoms with Crippen molar-refractivity contribution in [2.45, 2.75) is 11.0 Å². The van der Waals surface area contributed by atoms with Gasteiger partial charge in [0.2, 0.25) is 0 Å². The molecule has 0 bridgehead atoms. The largest absolute Gasteiger partial charge is 0.522 e. The average Bonchev–Trinajstić information content (AvgIpc) is 1.77. The Morgan fingerprint density at radius 2 is 0.706 bits per heavy atom. The van der Waals surface area contributed by atoms with E-state index in [1.54, 1.807) is 0 Å². The first-order valence-corrected chi connectivity index (χ1v) is 5.45. The van der Waals surface area contributed by atoms with Gasteiger partial charge in [0.1, 0.15) is 0 Å². The molecule has 0 aromatic heterocycles. The van der Waals surface area contributed by atoms with Gasteiger partial charge in [0.05, 0.1) is 0 Å². The van der Waals surface area contributed by atoms with Gasteiger partial charge < -0.3 is 0 Å². The third kappa shape index (κ3) is 9.74. The fraction of sp³-hybridized carbons (Fsp3) is 1.00. The van der Waals surface area contributed by atoms with E-state index < -0.39 is 31.3 Å². The van der Waals surface area contributed by atoms with Crippen LogP contribution in [0.5, 0.6) is 0 Å². The predicted octanol–water partition coefficient (Wildman–Crippen LogP) is 0.786. The van der Waals surface area contributed by atoms with Crippen LogP contribution in [0.3, 0.4) is 0 Å². The molecule has 0 amide bonds. The zero-order chi connectivity index (χ0) is 14.0. The zero-order valence-electron chi connectivity index (χ0n) is 6.93. The Morgan fingerprint density at radius 1 is 0.647 bits per heavy atom. The molecule has 0 aromatic carbocycles. The SMILES string of the molecule is O=S(=O)(O)C(F)(F)F.O=S(=O)(O)C(F)(F)F.[Pd]. The number of alkyl halides is 6. The molecule has 0 unspecified atom stereocenters. The Labute approximate surface area is 104 Å². The summed E-state index contributed by atoms with van der Waals surface area (Å²) < 4.78 is 115. The van der Waals surface area contributed by atoms with Gasteiger partial charge in [0, 0.05) is 20.4 Å². The summed E-state index contributed by atoms with van der Waals surface area (Å²) in [4.78, 5) is 0. The first-order chi connectivity index (χ1) is 6.50. The second-order valence-corrected chi connectivity index (χ2v) is 4.67. The van der Waals surface area contributed by atoms with Crippen LogP contribution in [0.25, 0.3) is 0 Å². The Hall–Kier alpha value is 0.0623. The summed E-state index contributed by atoms with van der Waals surface area (Å²) in [6.07, 6.45) is 0. The van der Waals surface area contributed by atoms with E-state index >= 15 is 0 Å². The molecule has 0 saturated carbocycles. The van der Waals surface area contributed by atoms with Crippen molar-refractivity contribution in [2.24, 2.45) is 0 Å². The molecule has 15 heteroatoms. The quantitative estimate of drug-likeness (QED) is 0.266. The standard InChI is InChI=1S/2CHF3O3S.Pd/c2*2-1(3,4)8(5,6)7;/h2*(H,5,6,7);. The van der Waals surface area contributed by atoms with Gasteiger partial charge in [-0.3, -0.25) is 9.11 Å². The summed E-state index contributed by atoms with van der Waals surface area (Å²) in [6.45, 7) is 0. The fourth-order valence-corrected chi connectivity index (χ4v) is 0. The zero-order valence-corrected chi connectivity index (χ0v) is 10.1. The van der Waals surface area contributed by atoms with Crippen LogP contribution < -0.4 is 0 Å². The van der Waals surface area contributed by atoms with E-state index in [2.05, 4.69) is 0 Å². The number of halogens is 6. The van der Waals surface area contributed by atoms with Crippen molar-refractivity contribution < 1.29 is 72.7 Å². The van der Waals surface area contributed by atoms with Crippen molar-refractivity contribution in [2.75, 3.05) is 0 Å². The van der Waals surface area contributed by atoms with E-state index in [1.165, 1.54) is 0 Å². The van der Waals surface area contributed by atoms with Crippen LogP contribution in [0.2, 0.25) is 0 Å². The summed E-state index contributed by atoms with van der Waals surface area (Å²) in [5.74, 6) is 0. The third-order valence-electron chi connectivity index (χ3n) is 0.585. The van der Waals surface area contributed by atoms with Gasteiger partial charge in [-0.1, -0.05) is 0 Å². The number of rotatable bonds is 0. The van der Waals surface area contributed by atoms with Crippen molar-refractivity contribution in [3.63, 3.8) is 0 Å². The first kappa shape index (κ1) is 22.3. The molecule has 0 rings (SSSR count). The second-order valence-electron chi connectivity index (χ2n) is 1.84. The Morgan fingerprint density at radius 3 is 0.706 bits per heavy atom. The molecule has 6 nitrogen and oxygen atoms in total. The van der Waals surface area contributed by atoms with E-state index in [4.69, 9.17) is 25.9 Å². The third-order valence-corrected chi connectivity index (χ3v) is 1.75. The van der Waals surface area contributed by atoms with Crippen LogP contribution in [0.4, 0.5) is 26.3 Å². The van der Waals surface area contributed by atoms with E-state index in [9.17, 15) is 26.3 Å². The number of hydrogen-bond donors (Lipinski definition) is 2. The molecule has 17 heavy (non-hydrogen) atoms. The average molecular weight is 407 g/mol. The molecule has 0 aromatic rings. The molecule has 0 aliphatic rings. The minimum atomic E-state index is -5.84. The number of hydrogen-bond acceptors (Lipinski definition) is 4. The predicted molar refractivity (Wildman–Crippen MR) is 35.2 cm³/mol. The summed E-state index contributed by atoms with van der Waals surface area (Å²) >= 11 is 0. The molecule has 110 valence electrons. The minimum absolute atomic E-state index is 0. The smallest absolute Gasteiger partial charge is 0.279 e. The van der Waals surface area contributed by atoms with Crippen LogP contribution in [-0.4, -0.2) is 37.0 Å². The summed E-state index contributed by atoms with van der Waals surface area (Å²) in [5.41, 5.74) is -11.1. The minimum Gasteiger partial charge on any atom is -0.279 e. The maximum absolute atomic E-state index is 10.7. The molecule has 0 atom stereocenters. The van der Waals surface area contributed by atoms with Gasteiger partial charge in [-0.25, -0.2) is 0 Å². The summed E-state index contributed by atoms with van der Waals surface area (Å²) in [7, 11) is -11.7. The summed E-state index contributed by atoms with van der Waals surface area (Å²) in [6, 6.07) is 0. The molecule has 0 aliphatic carbocycles. The molecule has 2 N–H and O–H groups in total. The molecular formula is C2H2F6O6PdS2.